The molecule has 1 N–H and O–H groups in total. The molecular formula is C15H20N2O. The van der Waals surface area contributed by atoms with Crippen molar-refractivity contribution in [3.8, 4) is 11.8 Å². The van der Waals surface area contributed by atoms with Gasteiger partial charge in [-0.25, -0.2) is 0 Å². The second kappa shape index (κ2) is 7.52. The molecule has 0 aromatic heterocycles. The Bertz CT molecular complexity index is 458. The molecular weight excluding hydrogens is 224 g/mol. The predicted molar refractivity (Wildman–Crippen MR) is 74.5 cm³/mol. The summed E-state index contributed by atoms with van der Waals surface area (Å²) in [4.78, 5) is 0. The standard InChI is InChI=1S/C15H20N2O/c1-4-7-17-11-12(2)8-13-5-6-15(18-3)14(9-13)10-16/h5-6,8-9,17H,4,7,11H2,1-3H3. The van der Waals surface area contributed by atoms with Crippen LogP contribution >= 0.6 is 0 Å². The highest BCUT2D eigenvalue weighted by Gasteiger charge is 2.02. The van der Waals surface area contributed by atoms with Crippen LogP contribution < -0.4 is 10.1 Å². The fraction of sp³-hybridized carbons (Fsp3) is 0.400. The van der Waals surface area contributed by atoms with E-state index in [0.29, 0.717) is 11.3 Å². The van der Waals surface area contributed by atoms with Gasteiger partial charge in [-0.15, -0.1) is 0 Å². The van der Waals surface area contributed by atoms with Crippen LogP contribution in [0.1, 0.15) is 31.4 Å². The Morgan fingerprint density at radius 3 is 2.89 bits per heavy atom. The van der Waals surface area contributed by atoms with Gasteiger partial charge in [0.1, 0.15) is 11.8 Å². The number of methoxy groups -OCH3 is 1. The Labute approximate surface area is 109 Å². The highest BCUT2D eigenvalue weighted by atomic mass is 16.5. The third-order valence-corrected chi connectivity index (χ3v) is 2.59. The number of nitrogens with one attached hydrogen (secondary N) is 1. The van der Waals surface area contributed by atoms with Gasteiger partial charge >= 0.3 is 0 Å². The molecule has 0 saturated heterocycles. The summed E-state index contributed by atoms with van der Waals surface area (Å²) in [6.45, 7) is 6.13. The first-order valence-corrected chi connectivity index (χ1v) is 6.17. The summed E-state index contributed by atoms with van der Waals surface area (Å²) in [7, 11) is 1.58. The van der Waals surface area contributed by atoms with Crippen LogP contribution in [0.15, 0.2) is 23.8 Å². The van der Waals surface area contributed by atoms with Crippen molar-refractivity contribution in [2.75, 3.05) is 20.2 Å². The summed E-state index contributed by atoms with van der Waals surface area (Å²) in [5.74, 6) is 0.622. The Kier molecular flexibility index (Phi) is 5.96. The van der Waals surface area contributed by atoms with Gasteiger partial charge in [0.2, 0.25) is 0 Å². The van der Waals surface area contributed by atoms with E-state index in [2.05, 4.69) is 31.3 Å². The minimum atomic E-state index is 0.570. The number of nitrogens with zero attached hydrogens (tertiary/aromatic N) is 1. The molecule has 0 aliphatic rings. The molecule has 0 aliphatic carbocycles. The Hall–Kier alpha value is -1.79. The molecule has 18 heavy (non-hydrogen) atoms. The number of rotatable bonds is 6. The van der Waals surface area contributed by atoms with Gasteiger partial charge in [0.25, 0.3) is 0 Å². The molecule has 96 valence electrons. The lowest BCUT2D eigenvalue weighted by Crippen LogP contribution is -2.16. The van der Waals surface area contributed by atoms with Crippen molar-refractivity contribution in [2.24, 2.45) is 0 Å². The average molecular weight is 244 g/mol. The Morgan fingerprint density at radius 1 is 1.50 bits per heavy atom. The molecule has 1 rings (SSSR count). The van der Waals surface area contributed by atoms with Gasteiger partial charge in [-0.3, -0.25) is 0 Å². The van der Waals surface area contributed by atoms with E-state index in [1.165, 1.54) is 5.57 Å². The molecule has 0 fully saturated rings. The van der Waals surface area contributed by atoms with Gasteiger partial charge in [-0.05, 0) is 37.6 Å². The zero-order valence-electron chi connectivity index (χ0n) is 11.3. The van der Waals surface area contributed by atoms with Crippen LogP contribution in [0.5, 0.6) is 5.75 Å². The van der Waals surface area contributed by atoms with Gasteiger partial charge < -0.3 is 10.1 Å². The highest BCUT2D eigenvalue weighted by molar-refractivity contribution is 5.58. The maximum absolute atomic E-state index is 9.02. The van der Waals surface area contributed by atoms with E-state index in [4.69, 9.17) is 10.00 Å². The predicted octanol–water partition coefficient (Wildman–Crippen LogP) is 2.97. The zero-order valence-corrected chi connectivity index (χ0v) is 11.3. The van der Waals surface area contributed by atoms with E-state index >= 15 is 0 Å². The molecule has 0 aliphatic heterocycles. The van der Waals surface area contributed by atoms with Crippen molar-refractivity contribution in [1.82, 2.24) is 5.32 Å². The quantitative estimate of drug-likeness (QED) is 0.782. The maximum Gasteiger partial charge on any atom is 0.136 e. The largest absolute Gasteiger partial charge is 0.495 e. The zero-order chi connectivity index (χ0) is 13.4. The second-order valence-corrected chi connectivity index (χ2v) is 4.24. The third-order valence-electron chi connectivity index (χ3n) is 2.59. The van der Waals surface area contributed by atoms with Crippen molar-refractivity contribution < 1.29 is 4.74 Å². The molecule has 0 saturated carbocycles. The minimum absolute atomic E-state index is 0.570. The van der Waals surface area contributed by atoms with Crippen LogP contribution in [0, 0.1) is 11.3 Å². The van der Waals surface area contributed by atoms with E-state index in [9.17, 15) is 0 Å². The monoisotopic (exact) mass is 244 g/mol. The Morgan fingerprint density at radius 2 is 2.28 bits per heavy atom. The molecule has 0 amide bonds. The summed E-state index contributed by atoms with van der Waals surface area (Å²) in [6.07, 6.45) is 3.22. The van der Waals surface area contributed by atoms with E-state index < -0.39 is 0 Å². The lowest BCUT2D eigenvalue weighted by atomic mass is 10.1. The summed E-state index contributed by atoms with van der Waals surface area (Å²) >= 11 is 0. The third kappa shape index (κ3) is 4.23. The number of nitriles is 1. The molecule has 1 aromatic rings. The molecule has 3 heteroatoms. The first-order valence-electron chi connectivity index (χ1n) is 6.17. The fourth-order valence-corrected chi connectivity index (χ4v) is 1.70. The van der Waals surface area contributed by atoms with Crippen LogP contribution in [0.25, 0.3) is 6.08 Å². The lowest BCUT2D eigenvalue weighted by molar-refractivity contribution is 0.413. The second-order valence-electron chi connectivity index (χ2n) is 4.24. The lowest BCUT2D eigenvalue weighted by Gasteiger charge is -2.05. The highest BCUT2D eigenvalue weighted by Crippen LogP contribution is 2.20. The first-order chi connectivity index (χ1) is 8.71. The minimum Gasteiger partial charge on any atom is -0.495 e. The van der Waals surface area contributed by atoms with Gasteiger partial charge in [-0.1, -0.05) is 24.6 Å². The van der Waals surface area contributed by atoms with Crippen LogP contribution in [-0.4, -0.2) is 20.2 Å². The smallest absolute Gasteiger partial charge is 0.136 e. The number of ether oxygens (including phenoxy) is 1. The van der Waals surface area contributed by atoms with Crippen LogP contribution in [0.2, 0.25) is 0 Å². The van der Waals surface area contributed by atoms with Gasteiger partial charge in [0.05, 0.1) is 12.7 Å². The molecule has 0 radical (unpaired) electrons. The van der Waals surface area contributed by atoms with Crippen molar-refractivity contribution in [3.63, 3.8) is 0 Å². The molecule has 0 spiro atoms. The Balaban J connectivity index is 2.78. The number of hydrogen-bond acceptors (Lipinski definition) is 3. The molecule has 0 heterocycles. The summed E-state index contributed by atoms with van der Waals surface area (Å²) in [5, 5.41) is 12.4. The van der Waals surface area contributed by atoms with Gasteiger partial charge in [0, 0.05) is 6.54 Å². The molecule has 0 bridgehead atoms. The van der Waals surface area contributed by atoms with E-state index in [1.54, 1.807) is 7.11 Å². The van der Waals surface area contributed by atoms with Crippen LogP contribution in [-0.2, 0) is 0 Å². The topological polar surface area (TPSA) is 45.0 Å². The van der Waals surface area contributed by atoms with E-state index in [-0.39, 0.29) is 0 Å². The van der Waals surface area contributed by atoms with Crippen molar-refractivity contribution in [1.29, 1.82) is 5.26 Å². The average Bonchev–Trinajstić information content (AvgIpc) is 2.39. The van der Waals surface area contributed by atoms with Crippen molar-refractivity contribution in [3.05, 3.63) is 34.9 Å². The molecule has 0 unspecified atom stereocenters. The maximum atomic E-state index is 9.02. The molecule has 3 nitrogen and oxygen atoms in total. The van der Waals surface area contributed by atoms with Crippen LogP contribution in [0.3, 0.4) is 0 Å². The summed E-state index contributed by atoms with van der Waals surface area (Å²) < 4.78 is 5.12. The van der Waals surface area contributed by atoms with Crippen molar-refractivity contribution >= 4 is 6.08 Å². The van der Waals surface area contributed by atoms with E-state index in [1.807, 2.05) is 18.2 Å². The fourth-order valence-electron chi connectivity index (χ4n) is 1.70. The SMILES string of the molecule is CCCNCC(C)=Cc1ccc(OC)c(C#N)c1. The van der Waals surface area contributed by atoms with Crippen molar-refractivity contribution in [2.45, 2.75) is 20.3 Å². The molecule has 1 aromatic carbocycles. The number of hydrogen-bond donors (Lipinski definition) is 1. The van der Waals surface area contributed by atoms with Gasteiger partial charge in [-0.2, -0.15) is 5.26 Å². The summed E-state index contributed by atoms with van der Waals surface area (Å²) in [5.41, 5.74) is 2.85. The first kappa shape index (κ1) is 14.3. The van der Waals surface area contributed by atoms with Crippen LogP contribution in [0.4, 0.5) is 0 Å². The normalized spacial score (nSPS) is 11.1. The molecule has 0 atom stereocenters. The van der Waals surface area contributed by atoms with Gasteiger partial charge in [0.15, 0.2) is 0 Å². The summed E-state index contributed by atoms with van der Waals surface area (Å²) in [6, 6.07) is 7.78. The number of benzene rings is 1. The van der Waals surface area contributed by atoms with E-state index in [0.717, 1.165) is 25.1 Å².